The summed E-state index contributed by atoms with van der Waals surface area (Å²) in [5.41, 5.74) is 1.83. The third-order valence-electron chi connectivity index (χ3n) is 4.38. The molecule has 0 aliphatic heterocycles. The predicted molar refractivity (Wildman–Crippen MR) is 102 cm³/mol. The van der Waals surface area contributed by atoms with Crippen LogP contribution < -0.4 is 0 Å². The van der Waals surface area contributed by atoms with Gasteiger partial charge in [0.05, 0.1) is 29.9 Å². The number of fused-ring (bicyclic) bond motifs is 1. The maximum Gasteiger partial charge on any atom is 0.264 e. The standard InChI is InChI=1S/C20H18FN3O2S/c1-13-17-10-18(19(25)23(2)12-16-4-3-9-26-16)27-20(17)24(22-13)11-14-5-7-15(21)8-6-14/h3-10H,11-12H2,1-2H3. The molecule has 4 rings (SSSR count). The molecule has 0 radical (unpaired) electrons. The highest BCUT2D eigenvalue weighted by Crippen LogP contribution is 2.30. The second kappa shape index (κ2) is 7.00. The summed E-state index contributed by atoms with van der Waals surface area (Å²) in [6, 6.07) is 11.9. The minimum absolute atomic E-state index is 0.0552. The molecule has 0 saturated heterocycles. The summed E-state index contributed by atoms with van der Waals surface area (Å²) in [6.07, 6.45) is 1.60. The molecule has 3 heterocycles. The van der Waals surface area contributed by atoms with Crippen LogP contribution in [0.2, 0.25) is 0 Å². The van der Waals surface area contributed by atoms with E-state index in [1.807, 2.05) is 23.7 Å². The Morgan fingerprint density at radius 2 is 2.07 bits per heavy atom. The van der Waals surface area contributed by atoms with Crippen molar-refractivity contribution in [2.75, 3.05) is 7.05 Å². The van der Waals surface area contributed by atoms with Gasteiger partial charge in [0.25, 0.3) is 5.91 Å². The quantitative estimate of drug-likeness (QED) is 0.511. The van der Waals surface area contributed by atoms with Gasteiger partial charge in [0, 0.05) is 12.4 Å². The second-order valence-electron chi connectivity index (χ2n) is 6.44. The molecular weight excluding hydrogens is 365 g/mol. The van der Waals surface area contributed by atoms with E-state index >= 15 is 0 Å². The summed E-state index contributed by atoms with van der Waals surface area (Å²) >= 11 is 1.42. The molecule has 0 saturated carbocycles. The summed E-state index contributed by atoms with van der Waals surface area (Å²) < 4.78 is 20.3. The van der Waals surface area contributed by atoms with E-state index in [-0.39, 0.29) is 11.7 Å². The van der Waals surface area contributed by atoms with Crippen molar-refractivity contribution in [1.82, 2.24) is 14.7 Å². The lowest BCUT2D eigenvalue weighted by Gasteiger charge is -2.14. The van der Waals surface area contributed by atoms with Crippen LogP contribution in [0.15, 0.2) is 53.1 Å². The third-order valence-corrected chi connectivity index (χ3v) is 5.52. The van der Waals surface area contributed by atoms with Gasteiger partial charge in [-0.2, -0.15) is 5.10 Å². The summed E-state index contributed by atoms with van der Waals surface area (Å²) in [5, 5.41) is 5.54. The van der Waals surface area contributed by atoms with Crippen molar-refractivity contribution in [3.63, 3.8) is 0 Å². The molecule has 0 aliphatic carbocycles. The van der Waals surface area contributed by atoms with Gasteiger partial charge in [-0.1, -0.05) is 12.1 Å². The van der Waals surface area contributed by atoms with Crippen LogP contribution in [-0.2, 0) is 13.1 Å². The topological polar surface area (TPSA) is 51.3 Å². The van der Waals surface area contributed by atoms with Gasteiger partial charge in [0.1, 0.15) is 16.4 Å². The van der Waals surface area contributed by atoms with Gasteiger partial charge in [0.15, 0.2) is 0 Å². The van der Waals surface area contributed by atoms with Crippen LogP contribution in [0.5, 0.6) is 0 Å². The van der Waals surface area contributed by atoms with E-state index in [2.05, 4.69) is 5.10 Å². The van der Waals surface area contributed by atoms with Crippen LogP contribution in [0, 0.1) is 12.7 Å². The summed E-state index contributed by atoms with van der Waals surface area (Å²) in [5.74, 6) is 0.426. The molecular formula is C20H18FN3O2S. The Bertz CT molecular complexity index is 1080. The average Bonchev–Trinajstić information content (AvgIpc) is 3.36. The molecule has 0 aliphatic rings. The zero-order valence-electron chi connectivity index (χ0n) is 15.0. The van der Waals surface area contributed by atoms with Crippen LogP contribution in [0.25, 0.3) is 10.2 Å². The van der Waals surface area contributed by atoms with Crippen molar-refractivity contribution in [2.45, 2.75) is 20.0 Å². The van der Waals surface area contributed by atoms with Gasteiger partial charge in [-0.05, 0) is 42.8 Å². The van der Waals surface area contributed by atoms with Crippen LogP contribution >= 0.6 is 11.3 Å². The number of hydrogen-bond acceptors (Lipinski definition) is 4. The Kier molecular flexibility index (Phi) is 4.53. The van der Waals surface area contributed by atoms with Gasteiger partial charge < -0.3 is 9.32 Å². The molecule has 138 valence electrons. The van der Waals surface area contributed by atoms with Crippen molar-refractivity contribution in [2.24, 2.45) is 0 Å². The molecule has 1 aromatic carbocycles. The van der Waals surface area contributed by atoms with Gasteiger partial charge in [-0.15, -0.1) is 11.3 Å². The molecule has 0 atom stereocenters. The number of furan rings is 1. The number of aryl methyl sites for hydroxylation is 1. The number of thiophene rings is 1. The summed E-state index contributed by atoms with van der Waals surface area (Å²) in [6.45, 7) is 2.87. The number of amides is 1. The van der Waals surface area contributed by atoms with Crippen LogP contribution in [0.3, 0.4) is 0 Å². The number of carbonyl (C=O) groups excluding carboxylic acids is 1. The van der Waals surface area contributed by atoms with Crippen molar-refractivity contribution in [1.29, 1.82) is 0 Å². The highest BCUT2D eigenvalue weighted by atomic mass is 32.1. The Labute approximate surface area is 159 Å². The second-order valence-corrected chi connectivity index (χ2v) is 7.47. The number of nitrogens with zero attached hydrogens (tertiary/aromatic N) is 3. The monoisotopic (exact) mass is 383 g/mol. The van der Waals surface area contributed by atoms with Crippen molar-refractivity contribution in [3.05, 3.63) is 76.4 Å². The molecule has 5 nitrogen and oxygen atoms in total. The Hall–Kier alpha value is -2.93. The number of rotatable bonds is 5. The molecule has 0 N–H and O–H groups in total. The first-order chi connectivity index (χ1) is 13.0. The highest BCUT2D eigenvalue weighted by molar-refractivity contribution is 7.20. The fraction of sp³-hybridized carbons (Fsp3) is 0.200. The van der Waals surface area contributed by atoms with E-state index in [1.54, 1.807) is 36.4 Å². The highest BCUT2D eigenvalue weighted by Gasteiger charge is 2.19. The molecule has 0 unspecified atom stereocenters. The average molecular weight is 383 g/mol. The molecule has 0 fully saturated rings. The van der Waals surface area contributed by atoms with Gasteiger partial charge in [-0.3, -0.25) is 9.48 Å². The molecule has 7 heteroatoms. The normalized spacial score (nSPS) is 11.2. The number of carbonyl (C=O) groups is 1. The number of benzene rings is 1. The minimum Gasteiger partial charge on any atom is -0.467 e. The Balaban J connectivity index is 1.60. The van der Waals surface area contributed by atoms with Gasteiger partial charge >= 0.3 is 0 Å². The summed E-state index contributed by atoms with van der Waals surface area (Å²) in [7, 11) is 1.76. The zero-order valence-corrected chi connectivity index (χ0v) is 15.8. The number of hydrogen-bond donors (Lipinski definition) is 0. The lowest BCUT2D eigenvalue weighted by molar-refractivity contribution is 0.0780. The first-order valence-corrected chi connectivity index (χ1v) is 9.32. The lowest BCUT2D eigenvalue weighted by Crippen LogP contribution is -2.25. The van der Waals surface area contributed by atoms with E-state index in [0.717, 1.165) is 27.2 Å². The SMILES string of the molecule is Cc1nn(Cc2ccc(F)cc2)c2sc(C(=O)N(C)Cc3ccco3)cc12. The first-order valence-electron chi connectivity index (χ1n) is 8.50. The first kappa shape index (κ1) is 17.5. The molecule has 27 heavy (non-hydrogen) atoms. The predicted octanol–water partition coefficient (Wildman–Crippen LogP) is 4.46. The van der Waals surface area contributed by atoms with Gasteiger partial charge in [-0.25, -0.2) is 4.39 Å². The Morgan fingerprint density at radius 1 is 1.30 bits per heavy atom. The largest absolute Gasteiger partial charge is 0.467 e. The smallest absolute Gasteiger partial charge is 0.264 e. The van der Waals surface area contributed by atoms with Crippen LogP contribution in [0.4, 0.5) is 4.39 Å². The molecule has 0 spiro atoms. The Morgan fingerprint density at radius 3 is 2.78 bits per heavy atom. The van der Waals surface area contributed by atoms with Gasteiger partial charge in [0.2, 0.25) is 0 Å². The summed E-state index contributed by atoms with van der Waals surface area (Å²) in [4.78, 5) is 16.0. The minimum atomic E-state index is -0.260. The van der Waals surface area contributed by atoms with E-state index in [9.17, 15) is 9.18 Å². The van der Waals surface area contributed by atoms with E-state index in [4.69, 9.17) is 4.42 Å². The van der Waals surface area contributed by atoms with E-state index in [1.165, 1.54) is 23.5 Å². The number of aromatic nitrogens is 2. The third kappa shape index (κ3) is 3.50. The fourth-order valence-electron chi connectivity index (χ4n) is 2.98. The van der Waals surface area contributed by atoms with Crippen molar-refractivity contribution in [3.8, 4) is 0 Å². The van der Waals surface area contributed by atoms with E-state index in [0.29, 0.717) is 18.0 Å². The molecule has 3 aromatic heterocycles. The van der Waals surface area contributed by atoms with Crippen LogP contribution in [0.1, 0.15) is 26.7 Å². The van der Waals surface area contributed by atoms with Crippen LogP contribution in [-0.4, -0.2) is 27.6 Å². The van der Waals surface area contributed by atoms with Crippen molar-refractivity contribution >= 4 is 27.5 Å². The maximum absolute atomic E-state index is 13.1. The van der Waals surface area contributed by atoms with Crippen molar-refractivity contribution < 1.29 is 13.6 Å². The lowest BCUT2D eigenvalue weighted by atomic mass is 10.2. The fourth-order valence-corrected chi connectivity index (χ4v) is 4.14. The molecule has 0 bridgehead atoms. The number of halogens is 1. The molecule has 4 aromatic rings. The zero-order chi connectivity index (χ0) is 19.0. The maximum atomic E-state index is 13.1. The van der Waals surface area contributed by atoms with E-state index < -0.39 is 0 Å². The molecule has 1 amide bonds.